The quantitative estimate of drug-likeness (QED) is 0.0236. The van der Waals surface area contributed by atoms with E-state index in [1.807, 2.05) is 12.2 Å². The maximum atomic E-state index is 12.6. The Morgan fingerprint density at radius 3 is 1.40 bits per heavy atom. The molecular weight excluding hydrogens is 743 g/mol. The maximum Gasteiger partial charge on any atom is 0.472 e. The predicted octanol–water partition coefficient (Wildman–Crippen LogP) is 11.7. The van der Waals surface area contributed by atoms with E-state index in [-0.39, 0.29) is 19.4 Å². The topological polar surface area (TPSA) is 149 Å². The van der Waals surface area contributed by atoms with E-state index >= 15 is 0 Å². The van der Waals surface area contributed by atoms with Gasteiger partial charge in [-0.05, 0) is 77.0 Å². The van der Waals surface area contributed by atoms with Gasteiger partial charge in [0.05, 0.1) is 19.8 Å². The van der Waals surface area contributed by atoms with Gasteiger partial charge in [0, 0.05) is 12.8 Å². The summed E-state index contributed by atoms with van der Waals surface area (Å²) in [6, 6.07) is 0. The van der Waals surface area contributed by atoms with Gasteiger partial charge in [0.25, 0.3) is 0 Å². The van der Waals surface area contributed by atoms with E-state index in [9.17, 15) is 24.2 Å². The van der Waals surface area contributed by atoms with Gasteiger partial charge in [-0.3, -0.25) is 18.6 Å². The number of carbonyl (C=O) groups is 2. The lowest BCUT2D eigenvalue weighted by molar-refractivity contribution is -0.161. The molecular formula is C46H79O10P. The number of phosphoric ester groups is 1. The first-order valence-electron chi connectivity index (χ1n) is 21.9. The van der Waals surface area contributed by atoms with Crippen LogP contribution in [0.3, 0.4) is 0 Å². The Labute approximate surface area is 346 Å². The molecule has 0 rings (SSSR count). The zero-order valence-corrected chi connectivity index (χ0v) is 36.4. The lowest BCUT2D eigenvalue weighted by Gasteiger charge is -2.20. The summed E-state index contributed by atoms with van der Waals surface area (Å²) in [5.74, 6) is -1.05. The lowest BCUT2D eigenvalue weighted by Crippen LogP contribution is -2.29. The van der Waals surface area contributed by atoms with Crippen molar-refractivity contribution in [3.63, 3.8) is 0 Å². The molecule has 328 valence electrons. The molecule has 10 nitrogen and oxygen atoms in total. The summed E-state index contributed by atoms with van der Waals surface area (Å²) in [5, 5.41) is 18.3. The first-order chi connectivity index (χ1) is 27.7. The van der Waals surface area contributed by atoms with Gasteiger partial charge in [-0.25, -0.2) is 4.57 Å². The van der Waals surface area contributed by atoms with E-state index in [2.05, 4.69) is 79.1 Å². The second-order valence-electron chi connectivity index (χ2n) is 14.4. The molecule has 0 aliphatic heterocycles. The highest BCUT2D eigenvalue weighted by molar-refractivity contribution is 7.47. The van der Waals surface area contributed by atoms with Crippen molar-refractivity contribution in [1.29, 1.82) is 0 Å². The third-order valence-electron chi connectivity index (χ3n) is 8.83. The molecule has 0 radical (unpaired) electrons. The maximum absolute atomic E-state index is 12.6. The second-order valence-corrected chi connectivity index (χ2v) is 15.8. The highest BCUT2D eigenvalue weighted by Crippen LogP contribution is 2.43. The fourth-order valence-corrected chi connectivity index (χ4v) is 6.23. The van der Waals surface area contributed by atoms with Crippen molar-refractivity contribution < 1.29 is 47.8 Å². The third-order valence-corrected chi connectivity index (χ3v) is 9.78. The average Bonchev–Trinajstić information content (AvgIpc) is 3.20. The van der Waals surface area contributed by atoms with Crippen LogP contribution in [0.4, 0.5) is 0 Å². The summed E-state index contributed by atoms with van der Waals surface area (Å²) >= 11 is 0. The standard InChI is InChI=1S/C46H79O10P/c1-3-5-7-9-11-13-15-17-19-21-23-25-27-29-31-33-35-37-45(49)53-41-44(42-55-57(51,52)54-40-43(48)39-47)56-46(50)38-36-34-32-30-28-26-24-22-20-18-16-14-12-10-8-6-4-2/h11,13,17,19,23-26,29-32,43-44,47-48H,3-10,12,14-16,18,20-22,27-28,33-42H2,1-2H3,(H,51,52)/b13-11+,19-17+,25-23+,26-24+,31-29+,32-30+/t43-,44+/m0/s1. The van der Waals surface area contributed by atoms with Crippen LogP contribution in [0.25, 0.3) is 0 Å². The molecule has 0 spiro atoms. The summed E-state index contributed by atoms with van der Waals surface area (Å²) in [6.07, 6.45) is 47.4. The van der Waals surface area contributed by atoms with Crippen LogP contribution in [-0.2, 0) is 32.7 Å². The van der Waals surface area contributed by atoms with Crippen LogP contribution >= 0.6 is 7.82 Å². The van der Waals surface area contributed by atoms with E-state index in [0.29, 0.717) is 25.7 Å². The third kappa shape index (κ3) is 41.4. The van der Waals surface area contributed by atoms with Gasteiger partial charge in [0.2, 0.25) is 0 Å². The van der Waals surface area contributed by atoms with Crippen LogP contribution in [0.1, 0.15) is 168 Å². The van der Waals surface area contributed by atoms with Crippen LogP contribution in [0, 0.1) is 0 Å². The Kier molecular flexibility index (Phi) is 39.7. The number of rotatable bonds is 40. The van der Waals surface area contributed by atoms with Crippen LogP contribution in [0.2, 0.25) is 0 Å². The average molecular weight is 823 g/mol. The molecule has 0 heterocycles. The molecule has 57 heavy (non-hydrogen) atoms. The summed E-state index contributed by atoms with van der Waals surface area (Å²) in [4.78, 5) is 34.9. The van der Waals surface area contributed by atoms with E-state index in [1.165, 1.54) is 77.0 Å². The Hall–Kier alpha value is -2.59. The first-order valence-corrected chi connectivity index (χ1v) is 23.4. The van der Waals surface area contributed by atoms with Crippen LogP contribution < -0.4 is 0 Å². The summed E-state index contributed by atoms with van der Waals surface area (Å²) in [7, 11) is -4.64. The number of unbranched alkanes of at least 4 members (excludes halogenated alkanes) is 14. The molecule has 0 aromatic heterocycles. The second kappa shape index (κ2) is 41.6. The minimum Gasteiger partial charge on any atom is -0.462 e. The van der Waals surface area contributed by atoms with Crippen LogP contribution in [-0.4, -0.2) is 65.7 Å². The molecule has 3 atom stereocenters. The van der Waals surface area contributed by atoms with E-state index in [4.69, 9.17) is 19.1 Å². The number of carbonyl (C=O) groups excluding carboxylic acids is 2. The van der Waals surface area contributed by atoms with E-state index in [1.54, 1.807) is 0 Å². The number of hydrogen-bond acceptors (Lipinski definition) is 9. The molecule has 1 unspecified atom stereocenters. The number of phosphoric acid groups is 1. The van der Waals surface area contributed by atoms with Gasteiger partial charge in [-0.15, -0.1) is 0 Å². The Morgan fingerprint density at radius 2 is 0.912 bits per heavy atom. The monoisotopic (exact) mass is 823 g/mol. The lowest BCUT2D eigenvalue weighted by atomic mass is 10.1. The number of esters is 2. The van der Waals surface area contributed by atoms with Crippen molar-refractivity contribution in [3.8, 4) is 0 Å². The van der Waals surface area contributed by atoms with Crippen LogP contribution in [0.15, 0.2) is 72.9 Å². The van der Waals surface area contributed by atoms with Crippen molar-refractivity contribution in [2.24, 2.45) is 0 Å². The highest BCUT2D eigenvalue weighted by Gasteiger charge is 2.27. The van der Waals surface area contributed by atoms with Crippen molar-refractivity contribution >= 4 is 19.8 Å². The van der Waals surface area contributed by atoms with Gasteiger partial charge in [-0.2, -0.15) is 0 Å². The summed E-state index contributed by atoms with van der Waals surface area (Å²) < 4.78 is 32.6. The number of hydrogen-bond donors (Lipinski definition) is 3. The van der Waals surface area contributed by atoms with E-state index in [0.717, 1.165) is 38.5 Å². The Morgan fingerprint density at radius 1 is 0.526 bits per heavy atom. The number of aliphatic hydroxyl groups is 2. The molecule has 3 N–H and O–H groups in total. The predicted molar refractivity (Wildman–Crippen MR) is 233 cm³/mol. The molecule has 0 fully saturated rings. The summed E-state index contributed by atoms with van der Waals surface area (Å²) in [5.41, 5.74) is 0. The van der Waals surface area contributed by atoms with Gasteiger partial charge < -0.3 is 24.6 Å². The molecule has 0 aromatic carbocycles. The first kappa shape index (κ1) is 54.4. The molecule has 0 aromatic rings. The molecule has 0 aliphatic carbocycles. The van der Waals surface area contributed by atoms with Crippen LogP contribution in [0.5, 0.6) is 0 Å². The normalized spacial score (nSPS) is 14.5. The van der Waals surface area contributed by atoms with E-state index < -0.39 is 51.8 Å². The van der Waals surface area contributed by atoms with Crippen molar-refractivity contribution in [1.82, 2.24) is 0 Å². The Balaban J connectivity index is 4.46. The van der Waals surface area contributed by atoms with Crippen molar-refractivity contribution in [3.05, 3.63) is 72.9 Å². The van der Waals surface area contributed by atoms with Crippen molar-refractivity contribution in [2.75, 3.05) is 26.4 Å². The SMILES string of the molecule is CCCCC/C=C/C/C=C/C/C=C/C/C=C/CCCC(=O)OC[C@H](COP(=O)(O)OC[C@@H](O)CO)OC(=O)CCC/C=C/C/C=C/CCCCCCCCCCC. The van der Waals surface area contributed by atoms with Gasteiger partial charge in [-0.1, -0.05) is 151 Å². The Bertz CT molecular complexity index is 1180. The zero-order chi connectivity index (χ0) is 41.9. The minimum atomic E-state index is -4.64. The van der Waals surface area contributed by atoms with Gasteiger partial charge in [0.1, 0.15) is 12.7 Å². The summed E-state index contributed by atoms with van der Waals surface area (Å²) in [6.45, 7) is 2.23. The highest BCUT2D eigenvalue weighted by atomic mass is 31.2. The molecule has 11 heteroatoms. The molecule has 0 bridgehead atoms. The minimum absolute atomic E-state index is 0.105. The molecule has 0 saturated carbocycles. The molecule has 0 amide bonds. The fourth-order valence-electron chi connectivity index (χ4n) is 5.44. The number of allylic oxidation sites excluding steroid dienone is 12. The molecule has 0 saturated heterocycles. The van der Waals surface area contributed by atoms with Gasteiger partial charge >= 0.3 is 19.8 Å². The smallest absolute Gasteiger partial charge is 0.462 e. The zero-order valence-electron chi connectivity index (χ0n) is 35.5. The largest absolute Gasteiger partial charge is 0.472 e. The molecule has 0 aliphatic rings. The van der Waals surface area contributed by atoms with Crippen molar-refractivity contribution in [2.45, 2.75) is 180 Å². The number of ether oxygens (including phenoxy) is 2. The van der Waals surface area contributed by atoms with Gasteiger partial charge in [0.15, 0.2) is 6.10 Å². The fraction of sp³-hybridized carbons (Fsp3) is 0.696. The number of aliphatic hydroxyl groups excluding tert-OH is 2.